The van der Waals surface area contributed by atoms with E-state index in [9.17, 15) is 9.59 Å². The normalized spacial score (nSPS) is 12.9. The Bertz CT molecular complexity index is 447. The molecule has 0 bridgehead atoms. The molecule has 0 aromatic carbocycles. The van der Waals surface area contributed by atoms with E-state index in [1.807, 2.05) is 0 Å². The Morgan fingerprint density at radius 2 is 0.694 bits per heavy atom. The van der Waals surface area contributed by atoms with E-state index in [1.165, 1.54) is 64.2 Å². The lowest BCUT2D eigenvalue weighted by atomic mass is 10.00. The van der Waals surface area contributed by atoms with Crippen molar-refractivity contribution < 1.29 is 19.1 Å². The predicted molar refractivity (Wildman–Crippen MR) is 153 cm³/mol. The van der Waals surface area contributed by atoms with Gasteiger partial charge in [-0.05, 0) is 38.5 Å². The van der Waals surface area contributed by atoms with Gasteiger partial charge in [-0.25, -0.2) is 0 Å². The van der Waals surface area contributed by atoms with Crippen LogP contribution in [0.25, 0.3) is 0 Å². The van der Waals surface area contributed by atoms with E-state index in [2.05, 4.69) is 27.7 Å². The Morgan fingerprint density at radius 3 is 1.03 bits per heavy atom. The fourth-order valence-electron chi connectivity index (χ4n) is 4.74. The number of ether oxygens (including phenoxy) is 2. The van der Waals surface area contributed by atoms with Crippen molar-refractivity contribution in [3.8, 4) is 0 Å². The lowest BCUT2D eigenvalue weighted by Crippen LogP contribution is -2.35. The summed E-state index contributed by atoms with van der Waals surface area (Å²) in [7, 11) is 0. The molecule has 4 heteroatoms. The summed E-state index contributed by atoms with van der Waals surface area (Å²) in [5.41, 5.74) is 0. The highest BCUT2D eigenvalue weighted by Crippen LogP contribution is 2.21. The van der Waals surface area contributed by atoms with Crippen molar-refractivity contribution in [2.45, 2.75) is 194 Å². The molecule has 0 aliphatic heterocycles. The molecule has 0 aromatic heterocycles. The largest absolute Gasteiger partial charge is 0.458 e. The standard InChI is InChI=1S/C32H62O4/c1-5-9-13-15-17-19-23-27-31(33)35-29(25-21-11-7-3)30(26-22-12-8-4)36-32(34)28-24-20-18-16-14-10-6-2/h29-30H,5-28H2,1-4H3. The van der Waals surface area contributed by atoms with Gasteiger partial charge >= 0.3 is 11.9 Å². The second-order valence-corrected chi connectivity index (χ2v) is 10.8. The zero-order valence-electron chi connectivity index (χ0n) is 24.8. The molecule has 4 nitrogen and oxygen atoms in total. The average molecular weight is 511 g/mol. The zero-order chi connectivity index (χ0) is 26.7. The van der Waals surface area contributed by atoms with E-state index in [0.717, 1.165) is 77.0 Å². The van der Waals surface area contributed by atoms with Crippen molar-refractivity contribution in [3.05, 3.63) is 0 Å². The van der Waals surface area contributed by atoms with Crippen molar-refractivity contribution in [1.29, 1.82) is 0 Å². The highest BCUT2D eigenvalue weighted by Gasteiger charge is 2.28. The van der Waals surface area contributed by atoms with Gasteiger partial charge in [0.1, 0.15) is 12.2 Å². The summed E-state index contributed by atoms with van der Waals surface area (Å²) in [6, 6.07) is 0. The molecule has 0 aliphatic carbocycles. The summed E-state index contributed by atoms with van der Waals surface area (Å²) in [6.45, 7) is 8.83. The third-order valence-electron chi connectivity index (χ3n) is 7.13. The molecule has 0 aliphatic rings. The lowest BCUT2D eigenvalue weighted by molar-refractivity contribution is -0.169. The maximum absolute atomic E-state index is 12.7. The molecule has 0 saturated carbocycles. The molecule has 0 saturated heterocycles. The average Bonchev–Trinajstić information content (AvgIpc) is 2.86. The highest BCUT2D eigenvalue weighted by atomic mass is 16.6. The molecule has 0 amide bonds. The Morgan fingerprint density at radius 1 is 0.417 bits per heavy atom. The fraction of sp³-hybridized carbons (Fsp3) is 0.938. The quantitative estimate of drug-likeness (QED) is 0.0814. The highest BCUT2D eigenvalue weighted by molar-refractivity contribution is 5.70. The summed E-state index contributed by atoms with van der Waals surface area (Å²) in [5.74, 6) is -0.234. The van der Waals surface area contributed by atoms with Gasteiger partial charge in [-0.2, -0.15) is 0 Å². The van der Waals surface area contributed by atoms with Crippen LogP contribution in [0.1, 0.15) is 182 Å². The van der Waals surface area contributed by atoms with Crippen molar-refractivity contribution >= 4 is 11.9 Å². The first-order valence-electron chi connectivity index (χ1n) is 16.0. The van der Waals surface area contributed by atoms with Crippen molar-refractivity contribution in [2.75, 3.05) is 0 Å². The SMILES string of the molecule is CCCCCCCCCC(=O)OC(CCCCC)C(CCCCC)OC(=O)CCCCCCCCC. The van der Waals surface area contributed by atoms with Gasteiger partial charge in [-0.15, -0.1) is 0 Å². The van der Waals surface area contributed by atoms with E-state index in [4.69, 9.17) is 9.47 Å². The number of carbonyl (C=O) groups is 2. The second-order valence-electron chi connectivity index (χ2n) is 10.8. The maximum atomic E-state index is 12.7. The van der Waals surface area contributed by atoms with Gasteiger partial charge in [0.05, 0.1) is 0 Å². The first kappa shape index (κ1) is 34.9. The van der Waals surface area contributed by atoms with E-state index in [0.29, 0.717) is 12.8 Å². The van der Waals surface area contributed by atoms with Crippen molar-refractivity contribution in [3.63, 3.8) is 0 Å². The van der Waals surface area contributed by atoms with Crippen LogP contribution in [0.15, 0.2) is 0 Å². The van der Waals surface area contributed by atoms with Crippen molar-refractivity contribution in [1.82, 2.24) is 0 Å². The minimum atomic E-state index is -0.302. The van der Waals surface area contributed by atoms with Crippen LogP contribution in [0.5, 0.6) is 0 Å². The molecule has 0 N–H and O–H groups in total. The van der Waals surface area contributed by atoms with E-state index < -0.39 is 0 Å². The van der Waals surface area contributed by atoms with Crippen LogP contribution in [0, 0.1) is 0 Å². The zero-order valence-corrected chi connectivity index (χ0v) is 24.8. The Kier molecular flexibility index (Phi) is 26.2. The number of hydrogen-bond acceptors (Lipinski definition) is 4. The van der Waals surface area contributed by atoms with E-state index in [-0.39, 0.29) is 24.1 Å². The molecule has 36 heavy (non-hydrogen) atoms. The van der Waals surface area contributed by atoms with Gasteiger partial charge in [-0.1, -0.05) is 130 Å². The minimum Gasteiger partial charge on any atom is -0.458 e. The maximum Gasteiger partial charge on any atom is 0.306 e. The summed E-state index contributed by atoms with van der Waals surface area (Å²) in [5, 5.41) is 0. The molecule has 0 fully saturated rings. The number of rotatable bonds is 27. The van der Waals surface area contributed by atoms with Gasteiger partial charge in [-0.3, -0.25) is 9.59 Å². The monoisotopic (exact) mass is 510 g/mol. The lowest BCUT2D eigenvalue weighted by Gasteiger charge is -2.27. The second kappa shape index (κ2) is 27.0. The Labute approximate surface area is 225 Å². The molecule has 0 spiro atoms. The van der Waals surface area contributed by atoms with Crippen LogP contribution < -0.4 is 0 Å². The Hall–Kier alpha value is -1.06. The van der Waals surface area contributed by atoms with Gasteiger partial charge in [0.25, 0.3) is 0 Å². The molecule has 0 radical (unpaired) electrons. The smallest absolute Gasteiger partial charge is 0.306 e. The van der Waals surface area contributed by atoms with Crippen LogP contribution in [-0.2, 0) is 19.1 Å². The summed E-state index contributed by atoms with van der Waals surface area (Å²) < 4.78 is 12.0. The molecule has 0 rings (SSSR count). The molecule has 214 valence electrons. The van der Waals surface area contributed by atoms with Crippen molar-refractivity contribution in [2.24, 2.45) is 0 Å². The van der Waals surface area contributed by atoms with Crippen LogP contribution in [0.4, 0.5) is 0 Å². The van der Waals surface area contributed by atoms with Gasteiger partial charge in [0.15, 0.2) is 0 Å². The first-order chi connectivity index (χ1) is 17.6. The van der Waals surface area contributed by atoms with Crippen LogP contribution in [0.2, 0.25) is 0 Å². The van der Waals surface area contributed by atoms with Crippen LogP contribution in [0.3, 0.4) is 0 Å². The van der Waals surface area contributed by atoms with Gasteiger partial charge in [0, 0.05) is 12.8 Å². The molecular formula is C32H62O4. The van der Waals surface area contributed by atoms with Gasteiger partial charge < -0.3 is 9.47 Å². The van der Waals surface area contributed by atoms with Gasteiger partial charge in [0.2, 0.25) is 0 Å². The number of hydrogen-bond donors (Lipinski definition) is 0. The Balaban J connectivity index is 4.73. The van der Waals surface area contributed by atoms with E-state index >= 15 is 0 Å². The molecule has 0 heterocycles. The third kappa shape index (κ3) is 22.2. The minimum absolute atomic E-state index is 0.117. The summed E-state index contributed by atoms with van der Waals surface area (Å²) >= 11 is 0. The molecule has 0 aromatic rings. The molecule has 2 unspecified atom stereocenters. The predicted octanol–water partition coefficient (Wildman–Crippen LogP) is 10.3. The topological polar surface area (TPSA) is 52.6 Å². The van der Waals surface area contributed by atoms with Crippen LogP contribution >= 0.6 is 0 Å². The molecular weight excluding hydrogens is 448 g/mol. The van der Waals surface area contributed by atoms with Crippen LogP contribution in [-0.4, -0.2) is 24.1 Å². The number of unbranched alkanes of at least 4 members (excludes halogenated alkanes) is 16. The number of carbonyl (C=O) groups excluding carboxylic acids is 2. The van der Waals surface area contributed by atoms with E-state index in [1.54, 1.807) is 0 Å². The summed E-state index contributed by atoms with van der Waals surface area (Å²) in [6.07, 6.45) is 25.0. The summed E-state index contributed by atoms with van der Waals surface area (Å²) in [4.78, 5) is 25.4. The first-order valence-corrected chi connectivity index (χ1v) is 16.0. The fourth-order valence-corrected chi connectivity index (χ4v) is 4.74. The third-order valence-corrected chi connectivity index (χ3v) is 7.13. The number of esters is 2. The molecule has 2 atom stereocenters.